The van der Waals surface area contributed by atoms with Gasteiger partial charge in [0.25, 0.3) is 0 Å². The lowest BCUT2D eigenvalue weighted by Gasteiger charge is -2.01. The second kappa shape index (κ2) is 85.2. The van der Waals surface area contributed by atoms with Crippen LogP contribution in [0.3, 0.4) is 0 Å². The summed E-state index contributed by atoms with van der Waals surface area (Å²) in [5, 5.41) is 0. The van der Waals surface area contributed by atoms with Crippen LogP contribution in [0.15, 0.2) is 34.9 Å². The average Bonchev–Trinajstić information content (AvgIpc) is 2.29. The van der Waals surface area contributed by atoms with E-state index in [0.717, 1.165) is 19.4 Å². The second-order valence-electron chi connectivity index (χ2n) is 4.89. The summed E-state index contributed by atoms with van der Waals surface area (Å²) in [6, 6.07) is 0. The van der Waals surface area contributed by atoms with Crippen LogP contribution < -0.4 is 0 Å². The Kier molecular flexibility index (Phi) is 301. The van der Waals surface area contributed by atoms with Crippen LogP contribution in [0, 0.1) is 0 Å². The Hall–Kier alpha value is 0.0400. The van der Waals surface area contributed by atoms with Crippen molar-refractivity contribution in [3.8, 4) is 0 Å². The number of hydrogen-bond donors (Lipinski definition) is 0. The van der Waals surface area contributed by atoms with Crippen molar-refractivity contribution in [2.45, 2.75) is 165 Å². The maximum Gasteiger partial charge on any atom is 0.0693 e. The van der Waals surface area contributed by atoms with Crippen LogP contribution in [0.1, 0.15) is 165 Å². The summed E-state index contributed by atoms with van der Waals surface area (Å²) < 4.78 is 5.30. The Morgan fingerprint density at radius 3 is 1.15 bits per heavy atom. The molecule has 0 fully saturated rings. The van der Waals surface area contributed by atoms with Crippen molar-refractivity contribution in [3.63, 3.8) is 0 Å². The summed E-state index contributed by atoms with van der Waals surface area (Å²) in [5.41, 5.74) is 4.34. The van der Waals surface area contributed by atoms with Gasteiger partial charge < -0.3 is 4.52 Å². The Bertz CT molecular complexity index is 302. The summed E-state index contributed by atoms with van der Waals surface area (Å²) in [5.74, 6) is 0. The Labute approximate surface area is 228 Å². The minimum Gasteiger partial charge on any atom is -0.354 e. The lowest BCUT2D eigenvalue weighted by molar-refractivity contribution is 0.422. The lowest BCUT2D eigenvalue weighted by Crippen LogP contribution is -1.83. The van der Waals surface area contributed by atoms with E-state index in [0.29, 0.717) is 8.50 Å². The van der Waals surface area contributed by atoms with Crippen LogP contribution in [-0.4, -0.2) is 6.61 Å². The van der Waals surface area contributed by atoms with Crippen LogP contribution in [0.25, 0.3) is 0 Å². The molecule has 1 nitrogen and oxygen atoms in total. The van der Waals surface area contributed by atoms with Crippen molar-refractivity contribution in [3.05, 3.63) is 34.9 Å². The molecule has 3 heteroatoms. The van der Waals surface area contributed by atoms with Gasteiger partial charge in [-0.05, 0) is 53.4 Å². The van der Waals surface area contributed by atoms with E-state index in [9.17, 15) is 0 Å². The zero-order chi connectivity index (χ0) is 13.8. The van der Waals surface area contributed by atoms with E-state index >= 15 is 0 Å². The quantitative estimate of drug-likeness (QED) is 0.165. The summed E-state index contributed by atoms with van der Waals surface area (Å²) in [6.45, 7) is 9.48. The number of allylic oxidation sites excluding steroid dienone is 5. The highest BCUT2D eigenvalue weighted by atomic mass is 32.0. The van der Waals surface area contributed by atoms with E-state index in [-0.39, 0.29) is 111 Å². The first kappa shape index (κ1) is 117. The van der Waals surface area contributed by atoms with E-state index < -0.39 is 0 Å². The highest BCUT2D eigenvalue weighted by Crippen LogP contribution is 2.21. The fourth-order valence-electron chi connectivity index (χ4n) is 1.57. The monoisotopic (exact) mass is 527 g/mol. The molecular weight excluding hydrogens is 438 g/mol. The van der Waals surface area contributed by atoms with E-state index in [4.69, 9.17) is 4.52 Å². The topological polar surface area (TPSA) is 9.23 Å². The van der Waals surface area contributed by atoms with Gasteiger partial charge in [-0.25, -0.2) is 0 Å². The van der Waals surface area contributed by atoms with Gasteiger partial charge >= 0.3 is 0 Å². The third-order valence-electron chi connectivity index (χ3n) is 2.72. The average molecular weight is 527 g/mol. The minimum atomic E-state index is 0. The standard InChI is InChI=1S/C15H28OP2.15CH4/c1-13(2)7-5-8-14(3)9-6-10-15(4)11-12-16-18-17;;;;;;;;;;;;;;;/h7,9,11,18H,5-6,8,10,12,17H2,1-4H3;15*1H4/b14-9+,15-11+;;;;;;;;;;;;;;;. The molecule has 0 aromatic carbocycles. The van der Waals surface area contributed by atoms with Crippen LogP contribution in [0.2, 0.25) is 0 Å². The summed E-state index contributed by atoms with van der Waals surface area (Å²) >= 11 is 0. The van der Waals surface area contributed by atoms with E-state index in [2.05, 4.69) is 54.9 Å². The van der Waals surface area contributed by atoms with Crippen molar-refractivity contribution in [1.29, 1.82) is 0 Å². The predicted molar refractivity (Wildman–Crippen MR) is 190 cm³/mol. The third-order valence-corrected chi connectivity index (χ3v) is 3.55. The second-order valence-corrected chi connectivity index (χ2v) is 6.12. The summed E-state index contributed by atoms with van der Waals surface area (Å²) in [7, 11) is 3.10. The smallest absolute Gasteiger partial charge is 0.0693 e. The highest BCUT2D eigenvalue weighted by molar-refractivity contribution is 8.00. The van der Waals surface area contributed by atoms with Gasteiger partial charge in [0, 0.05) is 8.50 Å². The van der Waals surface area contributed by atoms with Crippen molar-refractivity contribution >= 4 is 17.4 Å². The van der Waals surface area contributed by atoms with Gasteiger partial charge in [-0.1, -0.05) is 155 Å². The van der Waals surface area contributed by atoms with Gasteiger partial charge in [0.05, 0.1) is 6.61 Å². The first-order valence-electron chi connectivity index (χ1n) is 6.58. The molecular formula is C30H88OP2. The molecule has 0 heterocycles. The first-order valence-corrected chi connectivity index (χ1v) is 9.30. The van der Waals surface area contributed by atoms with Gasteiger partial charge in [0.15, 0.2) is 0 Å². The van der Waals surface area contributed by atoms with Gasteiger partial charge in [-0.3, -0.25) is 0 Å². The van der Waals surface area contributed by atoms with Crippen molar-refractivity contribution in [2.75, 3.05) is 6.61 Å². The largest absolute Gasteiger partial charge is 0.354 e. The van der Waals surface area contributed by atoms with Crippen LogP contribution >= 0.6 is 17.4 Å². The zero-order valence-corrected chi connectivity index (χ0v) is 14.4. The molecule has 0 aromatic rings. The summed E-state index contributed by atoms with van der Waals surface area (Å²) in [4.78, 5) is 0. The van der Waals surface area contributed by atoms with E-state index in [1.807, 2.05) is 0 Å². The van der Waals surface area contributed by atoms with E-state index in [1.165, 1.54) is 29.6 Å². The summed E-state index contributed by atoms with van der Waals surface area (Å²) in [6.07, 6.45) is 11.5. The van der Waals surface area contributed by atoms with Gasteiger partial charge in [-0.2, -0.15) is 0 Å². The van der Waals surface area contributed by atoms with Crippen molar-refractivity contribution < 1.29 is 4.52 Å². The minimum absolute atomic E-state index is 0. The maximum absolute atomic E-state index is 5.30. The molecule has 0 aliphatic heterocycles. The molecule has 0 aliphatic carbocycles. The lowest BCUT2D eigenvalue weighted by atomic mass is 10.1. The van der Waals surface area contributed by atoms with E-state index in [1.54, 1.807) is 0 Å². The molecule has 0 rings (SSSR count). The Balaban J connectivity index is -0.0000000138. The molecule has 0 saturated heterocycles. The van der Waals surface area contributed by atoms with Crippen LogP contribution in [0.4, 0.5) is 0 Å². The number of hydrogen-bond acceptors (Lipinski definition) is 1. The van der Waals surface area contributed by atoms with Gasteiger partial charge in [-0.15, -0.1) is 0 Å². The van der Waals surface area contributed by atoms with Gasteiger partial charge in [0.1, 0.15) is 0 Å². The maximum atomic E-state index is 5.30. The predicted octanol–water partition coefficient (Wildman–Crippen LogP) is 15.3. The van der Waals surface area contributed by atoms with Crippen molar-refractivity contribution in [2.24, 2.45) is 0 Å². The molecule has 2 unspecified atom stereocenters. The fraction of sp³-hybridized carbons (Fsp3) is 0.800. The first-order chi connectivity index (χ1) is 8.56. The normalized spacial score (nSPS) is 7.30. The molecule has 0 amide bonds. The molecule has 0 aliphatic rings. The SMILES string of the molecule is C.C.C.C.C.C.C.C.C.C.C.C.C.C.C.CC(C)=CCC/C(C)=C/CC/C(C)=C/COPP. The molecule has 33 heavy (non-hydrogen) atoms. The Morgan fingerprint density at radius 2 is 0.848 bits per heavy atom. The highest BCUT2D eigenvalue weighted by Gasteiger charge is 1.92. The molecule has 0 spiro atoms. The Morgan fingerprint density at radius 1 is 0.545 bits per heavy atom. The molecule has 0 N–H and O–H groups in total. The van der Waals surface area contributed by atoms with Crippen molar-refractivity contribution in [1.82, 2.24) is 0 Å². The zero-order valence-electron chi connectivity index (χ0n) is 12.3. The molecule has 0 aromatic heterocycles. The molecule has 0 radical (unpaired) electrons. The van der Waals surface area contributed by atoms with Crippen LogP contribution in [-0.2, 0) is 4.52 Å². The molecule has 0 bridgehead atoms. The fourth-order valence-corrected chi connectivity index (χ4v) is 2.04. The molecule has 224 valence electrons. The third kappa shape index (κ3) is 99.6. The number of rotatable bonds is 9. The molecule has 0 saturated carbocycles. The van der Waals surface area contributed by atoms with Gasteiger partial charge in [0.2, 0.25) is 0 Å². The van der Waals surface area contributed by atoms with Crippen LogP contribution in [0.5, 0.6) is 0 Å². The molecule has 2 atom stereocenters.